The number of nitrogens with zero attached hydrogens (tertiary/aromatic N) is 2. The molecule has 2 heterocycles. The second kappa shape index (κ2) is 7.57. The zero-order valence-electron chi connectivity index (χ0n) is 16.6. The summed E-state index contributed by atoms with van der Waals surface area (Å²) in [6, 6.07) is 8.06. The number of hydrogen-bond donors (Lipinski definition) is 1. The lowest BCUT2D eigenvalue weighted by atomic mass is 9.81. The van der Waals surface area contributed by atoms with Crippen LogP contribution >= 0.6 is 0 Å². The smallest absolute Gasteiger partial charge is 0.325 e. The maximum absolute atomic E-state index is 12.9. The summed E-state index contributed by atoms with van der Waals surface area (Å²) in [5.74, 6) is 0.0260. The van der Waals surface area contributed by atoms with Crippen LogP contribution in [-0.4, -0.2) is 46.3 Å². The molecule has 3 aliphatic rings. The Morgan fingerprint density at radius 2 is 1.71 bits per heavy atom. The van der Waals surface area contributed by atoms with E-state index in [-0.39, 0.29) is 23.8 Å². The van der Waals surface area contributed by atoms with Crippen LogP contribution in [0, 0.1) is 5.92 Å². The summed E-state index contributed by atoms with van der Waals surface area (Å²) in [5, 5.41) is 2.96. The molecule has 1 aliphatic carbocycles. The Balaban J connectivity index is 1.37. The van der Waals surface area contributed by atoms with Gasteiger partial charge in [-0.2, -0.15) is 0 Å². The van der Waals surface area contributed by atoms with Gasteiger partial charge in [0.05, 0.1) is 0 Å². The minimum Gasteiger partial charge on any atom is -0.338 e. The normalized spacial score (nSPS) is 24.3. The van der Waals surface area contributed by atoms with Gasteiger partial charge in [0.2, 0.25) is 5.91 Å². The van der Waals surface area contributed by atoms with Crippen molar-refractivity contribution >= 4 is 17.8 Å². The molecule has 3 fully saturated rings. The van der Waals surface area contributed by atoms with Crippen LogP contribution in [0.4, 0.5) is 4.79 Å². The summed E-state index contributed by atoms with van der Waals surface area (Å²) < 4.78 is 0. The number of nitrogens with one attached hydrogen (secondary N) is 1. The topological polar surface area (TPSA) is 69.7 Å². The Labute approximate surface area is 166 Å². The monoisotopic (exact) mass is 383 g/mol. The van der Waals surface area contributed by atoms with Gasteiger partial charge in [-0.15, -0.1) is 0 Å². The third-order valence-corrected chi connectivity index (χ3v) is 6.49. The van der Waals surface area contributed by atoms with Gasteiger partial charge in [-0.3, -0.25) is 14.5 Å². The number of likely N-dealkylation sites (tertiary alicyclic amines) is 1. The van der Waals surface area contributed by atoms with Gasteiger partial charge in [0.15, 0.2) is 0 Å². The molecule has 1 spiro atoms. The van der Waals surface area contributed by atoms with Crippen molar-refractivity contribution in [1.82, 2.24) is 15.1 Å². The number of carbonyl (C=O) groups excluding carboxylic acids is 3. The number of amides is 4. The first kappa shape index (κ1) is 19.0. The van der Waals surface area contributed by atoms with Gasteiger partial charge in [-0.1, -0.05) is 50.5 Å². The Morgan fingerprint density at radius 1 is 1.04 bits per heavy atom. The number of benzene rings is 1. The van der Waals surface area contributed by atoms with E-state index in [2.05, 4.69) is 36.5 Å². The number of rotatable bonds is 5. The highest BCUT2D eigenvalue weighted by Gasteiger charge is 2.52. The van der Waals surface area contributed by atoms with E-state index >= 15 is 0 Å². The molecule has 0 radical (unpaired) electrons. The highest BCUT2D eigenvalue weighted by molar-refractivity contribution is 6.07. The molecular formula is C22H29N3O3. The molecule has 0 aromatic heterocycles. The van der Waals surface area contributed by atoms with Crippen LogP contribution in [0.5, 0.6) is 0 Å². The highest BCUT2D eigenvalue weighted by atomic mass is 16.2. The van der Waals surface area contributed by atoms with E-state index < -0.39 is 5.54 Å². The lowest BCUT2D eigenvalue weighted by Gasteiger charge is -2.30. The minimum atomic E-state index is -0.682. The van der Waals surface area contributed by atoms with E-state index in [4.69, 9.17) is 0 Å². The fourth-order valence-electron chi connectivity index (χ4n) is 4.82. The van der Waals surface area contributed by atoms with Crippen molar-refractivity contribution in [3.8, 4) is 0 Å². The van der Waals surface area contributed by atoms with E-state index in [0.29, 0.717) is 26.1 Å². The number of carbonyl (C=O) groups is 3. The van der Waals surface area contributed by atoms with Crippen molar-refractivity contribution in [2.24, 2.45) is 5.92 Å². The predicted octanol–water partition coefficient (Wildman–Crippen LogP) is 2.85. The van der Waals surface area contributed by atoms with Crippen LogP contribution in [0.1, 0.15) is 56.6 Å². The van der Waals surface area contributed by atoms with Crippen molar-refractivity contribution in [2.75, 3.05) is 13.1 Å². The molecule has 28 heavy (non-hydrogen) atoms. The summed E-state index contributed by atoms with van der Waals surface area (Å²) in [7, 11) is 0. The van der Waals surface area contributed by atoms with E-state index in [1.54, 1.807) is 0 Å². The molecule has 1 N–H and O–H groups in total. The van der Waals surface area contributed by atoms with E-state index in [0.717, 1.165) is 44.1 Å². The molecule has 0 bridgehead atoms. The third-order valence-electron chi connectivity index (χ3n) is 6.49. The molecule has 2 saturated heterocycles. The van der Waals surface area contributed by atoms with Crippen LogP contribution < -0.4 is 5.32 Å². The average molecular weight is 383 g/mol. The predicted molar refractivity (Wildman–Crippen MR) is 105 cm³/mol. The zero-order chi connectivity index (χ0) is 19.7. The number of hydrogen-bond acceptors (Lipinski definition) is 3. The Bertz CT molecular complexity index is 768. The van der Waals surface area contributed by atoms with Crippen molar-refractivity contribution < 1.29 is 14.4 Å². The molecule has 6 heteroatoms. The molecule has 4 rings (SSSR count). The Kier molecular flexibility index (Phi) is 5.13. The van der Waals surface area contributed by atoms with E-state index in [1.807, 2.05) is 4.90 Å². The quantitative estimate of drug-likeness (QED) is 0.795. The SMILES string of the molecule is CCc1ccc(CN2CC(CN3C(=O)NC4(CCCCC4)C3=O)CC2=O)cc1. The van der Waals surface area contributed by atoms with Gasteiger partial charge in [0.1, 0.15) is 5.54 Å². The molecule has 2 aliphatic heterocycles. The summed E-state index contributed by atoms with van der Waals surface area (Å²) in [6.45, 7) is 3.64. The first-order chi connectivity index (χ1) is 13.5. The van der Waals surface area contributed by atoms with Gasteiger partial charge < -0.3 is 10.2 Å². The van der Waals surface area contributed by atoms with Crippen molar-refractivity contribution in [1.29, 1.82) is 0 Å². The molecule has 1 atom stereocenters. The first-order valence-electron chi connectivity index (χ1n) is 10.5. The van der Waals surface area contributed by atoms with Crippen molar-refractivity contribution in [3.63, 3.8) is 0 Å². The maximum Gasteiger partial charge on any atom is 0.325 e. The van der Waals surface area contributed by atoms with Gasteiger partial charge in [0.25, 0.3) is 5.91 Å². The van der Waals surface area contributed by atoms with Crippen LogP contribution in [0.15, 0.2) is 24.3 Å². The fourth-order valence-corrected chi connectivity index (χ4v) is 4.82. The Morgan fingerprint density at radius 3 is 2.39 bits per heavy atom. The first-order valence-corrected chi connectivity index (χ1v) is 10.5. The summed E-state index contributed by atoms with van der Waals surface area (Å²) in [5.41, 5.74) is 1.71. The molecule has 1 aromatic carbocycles. The number of urea groups is 1. The van der Waals surface area contributed by atoms with Crippen molar-refractivity contribution in [2.45, 2.75) is 64.0 Å². The van der Waals surface area contributed by atoms with E-state index in [1.165, 1.54) is 10.5 Å². The lowest BCUT2D eigenvalue weighted by Crippen LogP contribution is -2.48. The fraction of sp³-hybridized carbons (Fsp3) is 0.591. The molecule has 1 aromatic rings. The van der Waals surface area contributed by atoms with Gasteiger partial charge in [-0.05, 0) is 30.4 Å². The molecule has 6 nitrogen and oxygen atoms in total. The molecule has 1 unspecified atom stereocenters. The third kappa shape index (κ3) is 3.52. The summed E-state index contributed by atoms with van der Waals surface area (Å²) in [6.07, 6.45) is 5.94. The maximum atomic E-state index is 12.9. The summed E-state index contributed by atoms with van der Waals surface area (Å²) >= 11 is 0. The lowest BCUT2D eigenvalue weighted by molar-refractivity contribution is -0.133. The number of imide groups is 1. The standard InChI is InChI=1S/C22H29N3O3/c1-2-16-6-8-17(9-7-16)13-24-14-18(12-19(24)26)15-25-20(27)22(23-21(25)28)10-4-3-5-11-22/h6-9,18H,2-5,10-15H2,1H3,(H,23,28). The molecule has 1 saturated carbocycles. The molecule has 4 amide bonds. The van der Waals surface area contributed by atoms with Gasteiger partial charge in [0, 0.05) is 32.0 Å². The van der Waals surface area contributed by atoms with Crippen LogP contribution in [0.3, 0.4) is 0 Å². The van der Waals surface area contributed by atoms with E-state index in [9.17, 15) is 14.4 Å². The number of aryl methyl sites for hydroxylation is 1. The largest absolute Gasteiger partial charge is 0.338 e. The second-order valence-corrected chi connectivity index (χ2v) is 8.50. The molecular weight excluding hydrogens is 354 g/mol. The zero-order valence-corrected chi connectivity index (χ0v) is 16.6. The van der Waals surface area contributed by atoms with Gasteiger partial charge in [-0.25, -0.2) is 4.79 Å². The minimum absolute atomic E-state index is 0.0101. The Hall–Kier alpha value is -2.37. The molecule has 150 valence electrons. The average Bonchev–Trinajstić information content (AvgIpc) is 3.15. The van der Waals surface area contributed by atoms with Crippen LogP contribution in [0.25, 0.3) is 0 Å². The second-order valence-electron chi connectivity index (χ2n) is 8.50. The van der Waals surface area contributed by atoms with Gasteiger partial charge >= 0.3 is 6.03 Å². The van der Waals surface area contributed by atoms with Crippen molar-refractivity contribution in [3.05, 3.63) is 35.4 Å². The highest BCUT2D eigenvalue weighted by Crippen LogP contribution is 2.34. The summed E-state index contributed by atoms with van der Waals surface area (Å²) in [4.78, 5) is 41.1. The van der Waals surface area contributed by atoms with Crippen LogP contribution in [-0.2, 0) is 22.6 Å². The van der Waals surface area contributed by atoms with Crippen LogP contribution in [0.2, 0.25) is 0 Å².